The summed E-state index contributed by atoms with van der Waals surface area (Å²) >= 11 is 5.80. The van der Waals surface area contributed by atoms with Gasteiger partial charge in [-0.3, -0.25) is 9.69 Å². The molecule has 4 aromatic rings. The molecule has 0 atom stereocenters. The Kier molecular flexibility index (Phi) is 6.47. The topological polar surface area (TPSA) is 29.5 Å². The van der Waals surface area contributed by atoms with E-state index in [1.54, 1.807) is 0 Å². The monoisotopic (exact) mass is 495 g/mol. The van der Waals surface area contributed by atoms with Gasteiger partial charge in [0.1, 0.15) is 5.75 Å². The van der Waals surface area contributed by atoms with Gasteiger partial charge in [-0.05, 0) is 75.5 Å². The maximum atomic E-state index is 11.3. The molecule has 0 radical (unpaired) electrons. The van der Waals surface area contributed by atoms with Gasteiger partial charge < -0.3 is 4.74 Å². The van der Waals surface area contributed by atoms with Gasteiger partial charge in [0.2, 0.25) is 0 Å². The summed E-state index contributed by atoms with van der Waals surface area (Å²) in [5, 5.41) is 3.74. The quantitative estimate of drug-likeness (QED) is 0.204. The highest BCUT2D eigenvalue weighted by Crippen LogP contribution is 2.47. The SMILES string of the molecule is CCN(CC)Cc1sc2c(Br)c3ccccc3c(-c3ccc(OC(C)=O)cc3)c2c1C. The number of aryl methyl sites for hydroxylation is 1. The highest BCUT2D eigenvalue weighted by molar-refractivity contribution is 9.11. The zero-order valence-corrected chi connectivity index (χ0v) is 20.7. The minimum absolute atomic E-state index is 0.307. The van der Waals surface area contributed by atoms with Gasteiger partial charge in [0, 0.05) is 28.2 Å². The highest BCUT2D eigenvalue weighted by Gasteiger charge is 2.20. The van der Waals surface area contributed by atoms with Crippen LogP contribution >= 0.6 is 27.3 Å². The van der Waals surface area contributed by atoms with Crippen LogP contribution in [0.4, 0.5) is 0 Å². The number of hydrogen-bond donors (Lipinski definition) is 0. The molecular weight excluding hydrogens is 470 g/mol. The molecular formula is C26H26BrNO2S. The molecule has 31 heavy (non-hydrogen) atoms. The number of fused-ring (bicyclic) bond motifs is 2. The molecule has 5 heteroatoms. The van der Waals surface area contributed by atoms with Crippen LogP contribution in [-0.4, -0.2) is 24.0 Å². The van der Waals surface area contributed by atoms with Gasteiger partial charge in [-0.1, -0.05) is 50.2 Å². The maximum absolute atomic E-state index is 11.3. The van der Waals surface area contributed by atoms with E-state index < -0.39 is 0 Å². The lowest BCUT2D eigenvalue weighted by molar-refractivity contribution is -0.131. The minimum Gasteiger partial charge on any atom is -0.427 e. The number of ether oxygens (including phenoxy) is 1. The van der Waals surface area contributed by atoms with Crippen molar-refractivity contribution in [2.24, 2.45) is 0 Å². The molecule has 0 unspecified atom stereocenters. The Morgan fingerprint density at radius 1 is 1.03 bits per heavy atom. The molecule has 0 saturated heterocycles. The smallest absolute Gasteiger partial charge is 0.308 e. The predicted octanol–water partition coefficient (Wildman–Crippen LogP) is 7.56. The van der Waals surface area contributed by atoms with Crippen LogP contribution in [0.15, 0.2) is 53.0 Å². The van der Waals surface area contributed by atoms with Crippen molar-refractivity contribution in [1.82, 2.24) is 4.90 Å². The zero-order valence-electron chi connectivity index (χ0n) is 18.3. The second-order valence-corrected chi connectivity index (χ2v) is 9.57. The summed E-state index contributed by atoms with van der Waals surface area (Å²) in [7, 11) is 0. The van der Waals surface area contributed by atoms with E-state index in [1.807, 2.05) is 23.5 Å². The molecule has 0 aliphatic rings. The van der Waals surface area contributed by atoms with Crippen LogP contribution in [-0.2, 0) is 11.3 Å². The van der Waals surface area contributed by atoms with Gasteiger partial charge in [0.15, 0.2) is 0 Å². The number of halogens is 1. The van der Waals surface area contributed by atoms with Gasteiger partial charge in [-0.2, -0.15) is 0 Å². The molecule has 0 saturated carbocycles. The maximum Gasteiger partial charge on any atom is 0.308 e. The van der Waals surface area contributed by atoms with Crippen LogP contribution in [0.2, 0.25) is 0 Å². The summed E-state index contributed by atoms with van der Waals surface area (Å²) in [5.41, 5.74) is 3.71. The highest BCUT2D eigenvalue weighted by atomic mass is 79.9. The number of esters is 1. The van der Waals surface area contributed by atoms with Crippen molar-refractivity contribution in [3.8, 4) is 16.9 Å². The van der Waals surface area contributed by atoms with E-state index in [0.29, 0.717) is 5.75 Å². The van der Waals surface area contributed by atoms with Crippen LogP contribution in [0.1, 0.15) is 31.2 Å². The average Bonchev–Trinajstić information content (AvgIpc) is 3.09. The standard InChI is InChI=1S/C26H26BrNO2S/c1-5-28(6-2)15-22-16(3)23-24(18-11-13-19(14-12-18)30-17(4)29)20-9-7-8-10-21(20)25(27)26(23)31-22/h7-14H,5-6,15H2,1-4H3. The Morgan fingerprint density at radius 2 is 1.68 bits per heavy atom. The molecule has 0 spiro atoms. The Labute approximate surface area is 195 Å². The van der Waals surface area contributed by atoms with Gasteiger partial charge in [0.25, 0.3) is 0 Å². The second kappa shape index (κ2) is 9.11. The largest absolute Gasteiger partial charge is 0.427 e. The molecule has 1 aromatic heterocycles. The molecule has 0 bridgehead atoms. The van der Waals surface area contributed by atoms with Gasteiger partial charge in [-0.25, -0.2) is 0 Å². The van der Waals surface area contributed by atoms with E-state index in [-0.39, 0.29) is 5.97 Å². The summed E-state index contributed by atoms with van der Waals surface area (Å²) in [6.07, 6.45) is 0. The first kappa shape index (κ1) is 22.0. The number of hydrogen-bond acceptors (Lipinski definition) is 4. The normalized spacial score (nSPS) is 11.5. The number of thiophene rings is 1. The summed E-state index contributed by atoms with van der Waals surface area (Å²) in [5.74, 6) is 0.261. The zero-order chi connectivity index (χ0) is 22.1. The van der Waals surface area contributed by atoms with E-state index in [0.717, 1.165) is 29.7 Å². The number of rotatable bonds is 6. The molecule has 0 aliphatic heterocycles. The molecule has 0 aliphatic carbocycles. The van der Waals surface area contributed by atoms with Crippen LogP contribution in [0.25, 0.3) is 32.0 Å². The van der Waals surface area contributed by atoms with E-state index in [9.17, 15) is 4.79 Å². The van der Waals surface area contributed by atoms with Crippen molar-refractivity contribution < 1.29 is 9.53 Å². The van der Waals surface area contributed by atoms with Crippen molar-refractivity contribution in [2.45, 2.75) is 34.2 Å². The fourth-order valence-corrected chi connectivity index (χ4v) is 6.21. The lowest BCUT2D eigenvalue weighted by Crippen LogP contribution is -2.21. The Hall–Kier alpha value is -2.21. The molecule has 0 amide bonds. The average molecular weight is 496 g/mol. The summed E-state index contributed by atoms with van der Waals surface area (Å²) in [6, 6.07) is 16.4. The third-order valence-corrected chi connectivity index (χ3v) is 8.17. The first-order chi connectivity index (χ1) is 14.9. The fraction of sp³-hybridized carbons (Fsp3) is 0.269. The van der Waals surface area contributed by atoms with Crippen LogP contribution in [0.3, 0.4) is 0 Å². The number of carbonyl (C=O) groups excluding carboxylic acids is 1. The van der Waals surface area contributed by atoms with Gasteiger partial charge in [-0.15, -0.1) is 11.3 Å². The van der Waals surface area contributed by atoms with Crippen LogP contribution in [0.5, 0.6) is 5.75 Å². The van der Waals surface area contributed by atoms with E-state index in [4.69, 9.17) is 4.74 Å². The number of benzene rings is 3. The van der Waals surface area contributed by atoms with Crippen molar-refractivity contribution in [2.75, 3.05) is 13.1 Å². The molecule has 4 rings (SSSR count). The summed E-state index contributed by atoms with van der Waals surface area (Å²) in [6.45, 7) is 11.1. The molecule has 0 N–H and O–H groups in total. The first-order valence-electron chi connectivity index (χ1n) is 10.6. The Balaban J connectivity index is 1.98. The first-order valence-corrected chi connectivity index (χ1v) is 12.2. The number of carbonyl (C=O) groups is 1. The predicted molar refractivity (Wildman–Crippen MR) is 135 cm³/mol. The van der Waals surface area contributed by atoms with Crippen molar-refractivity contribution in [1.29, 1.82) is 0 Å². The summed E-state index contributed by atoms with van der Waals surface area (Å²) < 4.78 is 7.70. The molecule has 1 heterocycles. The van der Waals surface area contributed by atoms with E-state index in [2.05, 4.69) is 78.0 Å². The van der Waals surface area contributed by atoms with Gasteiger partial charge in [0.05, 0.1) is 4.70 Å². The molecule has 160 valence electrons. The molecule has 0 fully saturated rings. The van der Waals surface area contributed by atoms with Gasteiger partial charge >= 0.3 is 5.97 Å². The summed E-state index contributed by atoms with van der Waals surface area (Å²) in [4.78, 5) is 15.2. The van der Waals surface area contributed by atoms with Crippen LogP contribution < -0.4 is 4.74 Å². The van der Waals surface area contributed by atoms with E-state index >= 15 is 0 Å². The number of nitrogens with zero attached hydrogens (tertiary/aromatic N) is 1. The lowest BCUT2D eigenvalue weighted by atomic mass is 9.93. The fourth-order valence-electron chi connectivity index (χ4n) is 4.12. The van der Waals surface area contributed by atoms with Crippen LogP contribution in [0, 0.1) is 6.92 Å². The Morgan fingerprint density at radius 3 is 2.29 bits per heavy atom. The van der Waals surface area contributed by atoms with Crippen molar-refractivity contribution in [3.05, 3.63) is 63.4 Å². The minimum atomic E-state index is -0.307. The lowest BCUT2D eigenvalue weighted by Gasteiger charge is -2.17. The molecule has 3 aromatic carbocycles. The third-order valence-electron chi connectivity index (χ3n) is 5.79. The molecule has 3 nitrogen and oxygen atoms in total. The van der Waals surface area contributed by atoms with E-state index in [1.165, 1.54) is 43.8 Å². The Bertz CT molecular complexity index is 1260. The third kappa shape index (κ3) is 4.14. The second-order valence-electron chi connectivity index (χ2n) is 7.67. The van der Waals surface area contributed by atoms with Crippen molar-refractivity contribution in [3.63, 3.8) is 0 Å². The van der Waals surface area contributed by atoms with Crippen molar-refractivity contribution >= 4 is 54.1 Å².